The van der Waals surface area contributed by atoms with Crippen molar-refractivity contribution in [3.05, 3.63) is 83.9 Å². The van der Waals surface area contributed by atoms with Crippen molar-refractivity contribution in [2.45, 2.75) is 39.2 Å². The molecule has 1 N–H and O–H groups in total. The standard InChI is InChI=1S/C32H36FN5O3/c1-23(37-41-21-24-7-11-26(33)12-8-24)25-9-13-27(14-10-25)36-32-28-19-30(39-2)31(20-29(28)34-22-35-32)40-18-6-17-38-15-4-3-5-16-38/h7-14,19-20,22H,3-6,15-18,21H2,1-2H3,(H,34,35,36). The molecule has 9 heteroatoms. The lowest BCUT2D eigenvalue weighted by Gasteiger charge is -2.26. The molecule has 8 nitrogen and oxygen atoms in total. The van der Waals surface area contributed by atoms with E-state index in [0.29, 0.717) is 23.9 Å². The van der Waals surface area contributed by atoms with E-state index in [-0.39, 0.29) is 12.4 Å². The first-order valence-electron chi connectivity index (χ1n) is 14.1. The number of rotatable bonds is 12. The topological polar surface area (TPSA) is 81.1 Å². The Hall–Kier alpha value is -4.24. The number of likely N-dealkylation sites (tertiary alicyclic amines) is 1. The minimum atomic E-state index is -0.274. The fourth-order valence-corrected chi connectivity index (χ4v) is 4.86. The number of benzene rings is 3. The van der Waals surface area contributed by atoms with Crippen molar-refractivity contribution in [3.8, 4) is 11.5 Å². The van der Waals surface area contributed by atoms with Gasteiger partial charge in [0.1, 0.15) is 24.6 Å². The molecule has 3 aromatic carbocycles. The van der Waals surface area contributed by atoms with Gasteiger partial charge < -0.3 is 24.5 Å². The van der Waals surface area contributed by atoms with Gasteiger partial charge in [0.2, 0.25) is 0 Å². The molecular formula is C32H36FN5O3. The van der Waals surface area contributed by atoms with Crippen LogP contribution in [0.5, 0.6) is 11.5 Å². The van der Waals surface area contributed by atoms with Crippen LogP contribution in [0.1, 0.15) is 43.7 Å². The molecule has 0 bridgehead atoms. The van der Waals surface area contributed by atoms with Crippen LogP contribution in [0, 0.1) is 5.82 Å². The van der Waals surface area contributed by atoms with Gasteiger partial charge in [0.25, 0.3) is 0 Å². The van der Waals surface area contributed by atoms with Gasteiger partial charge in [-0.1, -0.05) is 35.8 Å². The summed E-state index contributed by atoms with van der Waals surface area (Å²) < 4.78 is 24.8. The highest BCUT2D eigenvalue weighted by atomic mass is 19.1. The maximum absolute atomic E-state index is 13.1. The first-order chi connectivity index (χ1) is 20.1. The second kappa shape index (κ2) is 13.9. The van der Waals surface area contributed by atoms with E-state index >= 15 is 0 Å². The highest BCUT2D eigenvalue weighted by Crippen LogP contribution is 2.35. The zero-order valence-electron chi connectivity index (χ0n) is 23.6. The number of ether oxygens (including phenoxy) is 2. The van der Waals surface area contributed by atoms with Crippen molar-refractivity contribution in [1.82, 2.24) is 14.9 Å². The van der Waals surface area contributed by atoms with E-state index in [0.717, 1.165) is 46.4 Å². The molecule has 1 aromatic heterocycles. The summed E-state index contributed by atoms with van der Waals surface area (Å²) in [5.74, 6) is 1.73. The fraction of sp³-hybridized carbons (Fsp3) is 0.344. The van der Waals surface area contributed by atoms with Crippen LogP contribution in [-0.4, -0.2) is 53.9 Å². The van der Waals surface area contributed by atoms with Gasteiger partial charge in [0.05, 0.1) is 24.9 Å². The van der Waals surface area contributed by atoms with Crippen LogP contribution in [0.2, 0.25) is 0 Å². The Morgan fingerprint density at radius 2 is 1.76 bits per heavy atom. The molecule has 1 aliphatic heterocycles. The number of halogens is 1. The number of piperidine rings is 1. The smallest absolute Gasteiger partial charge is 0.163 e. The highest BCUT2D eigenvalue weighted by molar-refractivity contribution is 5.99. The third-order valence-corrected chi connectivity index (χ3v) is 7.16. The molecule has 2 heterocycles. The third-order valence-electron chi connectivity index (χ3n) is 7.16. The number of hydrogen-bond acceptors (Lipinski definition) is 8. The summed E-state index contributed by atoms with van der Waals surface area (Å²) in [7, 11) is 1.64. The van der Waals surface area contributed by atoms with E-state index in [1.807, 2.05) is 43.3 Å². The summed E-state index contributed by atoms with van der Waals surface area (Å²) in [6.45, 7) is 6.21. The van der Waals surface area contributed by atoms with E-state index in [2.05, 4.69) is 25.3 Å². The van der Waals surface area contributed by atoms with Crippen LogP contribution in [-0.2, 0) is 11.4 Å². The van der Waals surface area contributed by atoms with Crippen molar-refractivity contribution in [2.75, 3.05) is 38.7 Å². The number of nitrogens with one attached hydrogen (secondary N) is 1. The summed E-state index contributed by atoms with van der Waals surface area (Å²) in [6.07, 6.45) is 6.44. The monoisotopic (exact) mass is 557 g/mol. The predicted molar refractivity (Wildman–Crippen MR) is 160 cm³/mol. The van der Waals surface area contributed by atoms with Crippen LogP contribution >= 0.6 is 0 Å². The van der Waals surface area contributed by atoms with E-state index < -0.39 is 0 Å². The Kier molecular flexibility index (Phi) is 9.59. The highest BCUT2D eigenvalue weighted by Gasteiger charge is 2.13. The van der Waals surface area contributed by atoms with Gasteiger partial charge in [0.15, 0.2) is 11.5 Å². The Bertz CT molecular complexity index is 1460. The average Bonchev–Trinajstić information content (AvgIpc) is 3.01. The Labute approximate surface area is 240 Å². The van der Waals surface area contributed by atoms with Crippen molar-refractivity contribution >= 4 is 28.1 Å². The minimum Gasteiger partial charge on any atom is -0.493 e. The Balaban J connectivity index is 1.21. The lowest BCUT2D eigenvalue weighted by Crippen LogP contribution is -2.31. The quantitative estimate of drug-likeness (QED) is 0.118. The van der Waals surface area contributed by atoms with Crippen LogP contribution in [0.25, 0.3) is 10.9 Å². The van der Waals surface area contributed by atoms with Gasteiger partial charge in [-0.2, -0.15) is 0 Å². The van der Waals surface area contributed by atoms with Gasteiger partial charge >= 0.3 is 0 Å². The molecule has 0 saturated carbocycles. The van der Waals surface area contributed by atoms with Crippen molar-refractivity contribution < 1.29 is 18.7 Å². The van der Waals surface area contributed by atoms with Gasteiger partial charge in [-0.3, -0.25) is 0 Å². The number of hydrogen-bond donors (Lipinski definition) is 1. The molecule has 1 fully saturated rings. The van der Waals surface area contributed by atoms with Crippen LogP contribution in [0.3, 0.4) is 0 Å². The summed E-state index contributed by atoms with van der Waals surface area (Å²) in [5, 5.41) is 8.42. The normalized spacial score (nSPS) is 14.2. The first kappa shape index (κ1) is 28.3. The van der Waals surface area contributed by atoms with Crippen molar-refractivity contribution in [1.29, 1.82) is 0 Å². The SMILES string of the molecule is COc1cc2c(Nc3ccc(C(C)=NOCc4ccc(F)cc4)cc3)ncnc2cc1OCCCN1CCCCC1. The second-order valence-electron chi connectivity index (χ2n) is 10.1. The maximum Gasteiger partial charge on any atom is 0.163 e. The molecule has 0 spiro atoms. The fourth-order valence-electron chi connectivity index (χ4n) is 4.86. The molecule has 1 saturated heterocycles. The summed E-state index contributed by atoms with van der Waals surface area (Å²) >= 11 is 0. The molecule has 214 valence electrons. The lowest BCUT2D eigenvalue weighted by atomic mass is 10.1. The van der Waals surface area contributed by atoms with E-state index in [1.54, 1.807) is 25.6 Å². The lowest BCUT2D eigenvalue weighted by molar-refractivity contribution is 0.130. The largest absolute Gasteiger partial charge is 0.493 e. The predicted octanol–water partition coefficient (Wildman–Crippen LogP) is 6.72. The van der Waals surface area contributed by atoms with Gasteiger partial charge in [-0.25, -0.2) is 14.4 Å². The number of methoxy groups -OCH3 is 1. The number of fused-ring (bicyclic) bond motifs is 1. The first-order valence-corrected chi connectivity index (χ1v) is 14.1. The molecule has 0 unspecified atom stereocenters. The molecule has 0 radical (unpaired) electrons. The van der Waals surface area contributed by atoms with Gasteiger partial charge in [-0.15, -0.1) is 0 Å². The summed E-state index contributed by atoms with van der Waals surface area (Å²) in [4.78, 5) is 16.9. The third kappa shape index (κ3) is 7.70. The van der Waals surface area contributed by atoms with Crippen LogP contribution in [0.15, 0.2) is 72.1 Å². The van der Waals surface area contributed by atoms with E-state index in [1.165, 1.54) is 44.5 Å². The number of nitrogens with zero attached hydrogens (tertiary/aromatic N) is 4. The minimum absolute atomic E-state index is 0.271. The summed E-state index contributed by atoms with van der Waals surface area (Å²) in [6, 6.07) is 17.8. The Morgan fingerprint density at radius 3 is 2.51 bits per heavy atom. The second-order valence-corrected chi connectivity index (χ2v) is 10.1. The van der Waals surface area contributed by atoms with Gasteiger partial charge in [-0.05, 0) is 80.7 Å². The zero-order chi connectivity index (χ0) is 28.4. The van der Waals surface area contributed by atoms with E-state index in [9.17, 15) is 4.39 Å². The molecule has 0 atom stereocenters. The van der Waals surface area contributed by atoms with Crippen LogP contribution < -0.4 is 14.8 Å². The van der Waals surface area contributed by atoms with Gasteiger partial charge in [0, 0.05) is 23.7 Å². The molecule has 5 rings (SSSR count). The molecule has 4 aromatic rings. The van der Waals surface area contributed by atoms with Crippen LogP contribution in [0.4, 0.5) is 15.9 Å². The number of anilines is 2. The molecule has 0 aliphatic carbocycles. The Morgan fingerprint density at radius 1 is 0.976 bits per heavy atom. The molecule has 1 aliphatic rings. The number of oxime groups is 1. The maximum atomic E-state index is 13.1. The molecular weight excluding hydrogens is 521 g/mol. The van der Waals surface area contributed by atoms with E-state index in [4.69, 9.17) is 14.3 Å². The zero-order valence-corrected chi connectivity index (χ0v) is 23.6. The number of aromatic nitrogens is 2. The summed E-state index contributed by atoms with van der Waals surface area (Å²) in [5.41, 5.74) is 4.14. The average molecular weight is 558 g/mol. The molecule has 41 heavy (non-hydrogen) atoms. The molecule has 0 amide bonds. The van der Waals surface area contributed by atoms with Crippen molar-refractivity contribution in [2.24, 2.45) is 5.16 Å². The van der Waals surface area contributed by atoms with Crippen molar-refractivity contribution in [3.63, 3.8) is 0 Å².